The molecule has 3 rings (SSSR count). The number of dihydropyridines is 1. The Bertz CT molecular complexity index is 416. The quantitative estimate of drug-likeness (QED) is 0.751. The third-order valence-corrected chi connectivity index (χ3v) is 5.55. The summed E-state index contributed by atoms with van der Waals surface area (Å²) in [5.41, 5.74) is 0. The number of pyridine rings is 1. The van der Waals surface area contributed by atoms with Crippen LogP contribution in [0.2, 0.25) is 0 Å². The first-order valence-corrected chi connectivity index (χ1v) is 7.03. The van der Waals surface area contributed by atoms with E-state index >= 15 is 0 Å². The Morgan fingerprint density at radius 1 is 1.40 bits per heavy atom. The number of fused-ring (bicyclic) bond motifs is 1. The van der Waals surface area contributed by atoms with Gasteiger partial charge in [0.1, 0.15) is 9.90 Å². The molecule has 2 unspecified atom stereocenters. The summed E-state index contributed by atoms with van der Waals surface area (Å²) < 4.78 is 0. The van der Waals surface area contributed by atoms with Crippen LogP contribution in [0.5, 0.6) is 0 Å². The molecule has 1 saturated carbocycles. The summed E-state index contributed by atoms with van der Waals surface area (Å²) in [5, 5.41) is 1.06. The Labute approximate surface area is 96.7 Å². The van der Waals surface area contributed by atoms with Crippen molar-refractivity contribution in [3.05, 3.63) is 36.5 Å². The fourth-order valence-corrected chi connectivity index (χ4v) is 4.31. The lowest BCUT2D eigenvalue weighted by Gasteiger charge is -2.11. The highest BCUT2D eigenvalue weighted by molar-refractivity contribution is 8.77. The van der Waals surface area contributed by atoms with E-state index in [-0.39, 0.29) is 4.87 Å². The second kappa shape index (κ2) is 3.68. The highest BCUT2D eigenvalue weighted by atomic mass is 33.1. The Balaban J connectivity index is 1.64. The van der Waals surface area contributed by atoms with E-state index in [0.717, 1.165) is 5.03 Å². The van der Waals surface area contributed by atoms with Crippen molar-refractivity contribution in [2.45, 2.75) is 16.3 Å². The zero-order valence-corrected chi connectivity index (χ0v) is 9.67. The van der Waals surface area contributed by atoms with Gasteiger partial charge in [0.05, 0.1) is 0 Å². The molecule has 0 saturated heterocycles. The molecule has 2 atom stereocenters. The lowest BCUT2D eigenvalue weighted by atomic mass is 10.3. The molecule has 0 spiro atoms. The summed E-state index contributed by atoms with van der Waals surface area (Å²) in [6, 6.07) is 5.99. The van der Waals surface area contributed by atoms with Gasteiger partial charge >= 0.3 is 0 Å². The van der Waals surface area contributed by atoms with Crippen molar-refractivity contribution in [3.8, 4) is 0 Å². The van der Waals surface area contributed by atoms with Crippen LogP contribution in [0, 0.1) is 5.92 Å². The molecule has 0 bridgehead atoms. The highest BCUT2D eigenvalue weighted by Crippen LogP contribution is 2.61. The first kappa shape index (κ1) is 9.48. The van der Waals surface area contributed by atoms with Crippen LogP contribution in [0.15, 0.2) is 46.6 Å². The number of hydrogen-bond acceptors (Lipinski definition) is 4. The van der Waals surface area contributed by atoms with E-state index in [2.05, 4.69) is 16.1 Å². The molecule has 0 aromatic carbocycles. The fraction of sp³-hybridized carbons (Fsp3) is 0.273. The van der Waals surface area contributed by atoms with Crippen molar-refractivity contribution in [1.29, 1.82) is 0 Å². The number of aliphatic imine (C=N–C) groups is 1. The largest absolute Gasteiger partial charge is 0.274 e. The molecular weight excluding hydrogens is 224 g/mol. The third kappa shape index (κ3) is 1.84. The number of rotatable bonds is 3. The summed E-state index contributed by atoms with van der Waals surface area (Å²) in [5.74, 6) is 0.642. The summed E-state index contributed by atoms with van der Waals surface area (Å²) >= 11 is 0. The summed E-state index contributed by atoms with van der Waals surface area (Å²) in [6.07, 6.45) is 9.20. The van der Waals surface area contributed by atoms with Crippen LogP contribution < -0.4 is 0 Å². The standard InChI is InChI=1S/C11H10N2S2/c1-2-6-12-10(5-1)14-15-11-8-9(11)4-3-7-13-11/h1-7,9H,8H2. The van der Waals surface area contributed by atoms with Crippen molar-refractivity contribution < 1.29 is 0 Å². The summed E-state index contributed by atoms with van der Waals surface area (Å²) in [4.78, 5) is 8.96. The Morgan fingerprint density at radius 2 is 2.40 bits per heavy atom. The second-order valence-corrected chi connectivity index (χ2v) is 6.11. The SMILES string of the molecule is C1=CC2CC2(SSc2ccccn2)N=C1. The molecule has 1 aromatic heterocycles. The predicted molar refractivity (Wildman–Crippen MR) is 66.2 cm³/mol. The minimum Gasteiger partial charge on any atom is -0.274 e. The maximum absolute atomic E-state index is 4.55. The van der Waals surface area contributed by atoms with E-state index in [1.165, 1.54) is 6.42 Å². The molecule has 2 heterocycles. The molecule has 0 radical (unpaired) electrons. The average molecular weight is 234 g/mol. The molecule has 1 aliphatic heterocycles. The molecule has 1 fully saturated rings. The van der Waals surface area contributed by atoms with E-state index in [1.807, 2.05) is 47.5 Å². The average Bonchev–Trinajstić information content (AvgIpc) is 3.03. The van der Waals surface area contributed by atoms with Crippen LogP contribution in [0.4, 0.5) is 0 Å². The van der Waals surface area contributed by atoms with Crippen LogP contribution in [0.1, 0.15) is 6.42 Å². The fourth-order valence-electron chi connectivity index (χ4n) is 1.60. The van der Waals surface area contributed by atoms with Gasteiger partial charge in [-0.05, 0) is 35.4 Å². The first-order chi connectivity index (χ1) is 7.39. The van der Waals surface area contributed by atoms with Gasteiger partial charge in [0.2, 0.25) is 0 Å². The van der Waals surface area contributed by atoms with Gasteiger partial charge in [0, 0.05) is 18.3 Å². The van der Waals surface area contributed by atoms with E-state index in [1.54, 1.807) is 10.8 Å². The van der Waals surface area contributed by atoms with Crippen LogP contribution in [-0.2, 0) is 0 Å². The molecule has 4 heteroatoms. The smallest absolute Gasteiger partial charge is 0.123 e. The second-order valence-electron chi connectivity index (χ2n) is 3.65. The van der Waals surface area contributed by atoms with Crippen LogP contribution in [0.3, 0.4) is 0 Å². The van der Waals surface area contributed by atoms with Gasteiger partial charge in [0.15, 0.2) is 0 Å². The maximum Gasteiger partial charge on any atom is 0.123 e. The Morgan fingerprint density at radius 3 is 3.20 bits per heavy atom. The molecule has 0 amide bonds. The van der Waals surface area contributed by atoms with Gasteiger partial charge in [-0.2, -0.15) is 0 Å². The number of allylic oxidation sites excluding steroid dienone is 1. The minimum atomic E-state index is 0.122. The molecule has 1 aliphatic carbocycles. The topological polar surface area (TPSA) is 25.2 Å². The molecule has 0 N–H and O–H groups in total. The number of hydrogen-bond donors (Lipinski definition) is 0. The lowest BCUT2D eigenvalue weighted by molar-refractivity contribution is 0.911. The van der Waals surface area contributed by atoms with Gasteiger partial charge in [-0.3, -0.25) is 4.99 Å². The molecule has 1 aromatic rings. The van der Waals surface area contributed by atoms with E-state index in [9.17, 15) is 0 Å². The van der Waals surface area contributed by atoms with E-state index in [0.29, 0.717) is 5.92 Å². The van der Waals surface area contributed by atoms with Gasteiger partial charge < -0.3 is 0 Å². The van der Waals surface area contributed by atoms with Crippen molar-refractivity contribution in [3.63, 3.8) is 0 Å². The van der Waals surface area contributed by atoms with Crippen molar-refractivity contribution in [2.24, 2.45) is 10.9 Å². The van der Waals surface area contributed by atoms with Crippen LogP contribution >= 0.6 is 21.6 Å². The zero-order chi connectivity index (χ0) is 10.1. The van der Waals surface area contributed by atoms with Crippen molar-refractivity contribution in [2.75, 3.05) is 0 Å². The van der Waals surface area contributed by atoms with E-state index < -0.39 is 0 Å². The molecule has 2 aliphatic rings. The Kier molecular flexibility index (Phi) is 2.33. The summed E-state index contributed by atoms with van der Waals surface area (Å²) in [6.45, 7) is 0. The van der Waals surface area contributed by atoms with Gasteiger partial charge in [-0.25, -0.2) is 4.98 Å². The zero-order valence-electron chi connectivity index (χ0n) is 8.04. The van der Waals surface area contributed by atoms with E-state index in [4.69, 9.17) is 0 Å². The third-order valence-electron chi connectivity index (χ3n) is 2.56. The molecule has 76 valence electrons. The van der Waals surface area contributed by atoms with Gasteiger partial charge in [-0.1, -0.05) is 22.9 Å². The first-order valence-electron chi connectivity index (χ1n) is 4.88. The van der Waals surface area contributed by atoms with Crippen molar-refractivity contribution >= 4 is 27.8 Å². The highest BCUT2D eigenvalue weighted by Gasteiger charge is 2.54. The van der Waals surface area contributed by atoms with Crippen LogP contribution in [0.25, 0.3) is 0 Å². The lowest BCUT2D eigenvalue weighted by Crippen LogP contribution is -2.02. The summed E-state index contributed by atoms with van der Waals surface area (Å²) in [7, 11) is 3.56. The Hall–Kier alpha value is -0.740. The van der Waals surface area contributed by atoms with Crippen LogP contribution in [-0.4, -0.2) is 16.1 Å². The normalized spacial score (nSPS) is 31.3. The maximum atomic E-state index is 4.55. The molecule has 15 heavy (non-hydrogen) atoms. The monoisotopic (exact) mass is 234 g/mol. The molecule has 2 nitrogen and oxygen atoms in total. The predicted octanol–water partition coefficient (Wildman–Crippen LogP) is 3.18. The number of nitrogens with zero attached hydrogens (tertiary/aromatic N) is 2. The van der Waals surface area contributed by atoms with Gasteiger partial charge in [0.25, 0.3) is 0 Å². The van der Waals surface area contributed by atoms with Gasteiger partial charge in [-0.15, -0.1) is 0 Å². The van der Waals surface area contributed by atoms with Crippen molar-refractivity contribution in [1.82, 2.24) is 4.98 Å². The minimum absolute atomic E-state index is 0.122. The molecular formula is C11H10N2S2. The number of aromatic nitrogens is 1.